The van der Waals surface area contributed by atoms with E-state index in [4.69, 9.17) is 5.11 Å². The molecule has 0 saturated heterocycles. The highest BCUT2D eigenvalue weighted by molar-refractivity contribution is 5.98. The Morgan fingerprint density at radius 3 is 2.95 bits per heavy atom. The largest absolute Gasteiger partial charge is 0.465 e. The molecule has 1 amide bonds. The molecule has 9 heteroatoms. The molecule has 1 aromatic rings. The average molecular weight is 294 g/mol. The number of rotatable bonds is 3. The van der Waals surface area contributed by atoms with Crippen LogP contribution in [0.25, 0.3) is 5.57 Å². The van der Waals surface area contributed by atoms with E-state index in [-0.39, 0.29) is 23.6 Å². The Morgan fingerprint density at radius 2 is 2.33 bits per heavy atom. The maximum atomic E-state index is 11.9. The molecule has 2 N–H and O–H groups in total. The zero-order chi connectivity index (χ0) is 15.6. The van der Waals surface area contributed by atoms with Crippen LogP contribution in [0.5, 0.6) is 0 Å². The van der Waals surface area contributed by atoms with Gasteiger partial charge in [-0.05, 0) is 24.5 Å². The molecule has 1 aromatic heterocycles. The van der Waals surface area contributed by atoms with Gasteiger partial charge in [-0.1, -0.05) is 0 Å². The van der Waals surface area contributed by atoms with Gasteiger partial charge in [0.25, 0.3) is 0 Å². The predicted octanol–water partition coefficient (Wildman–Crippen LogP) is 1.10. The number of carboxylic acid groups (broad SMARTS) is 1. The molecular weight excluding hydrogens is 280 g/mol. The van der Waals surface area contributed by atoms with Crippen molar-refractivity contribution in [1.29, 1.82) is 0 Å². The van der Waals surface area contributed by atoms with Crippen molar-refractivity contribution in [3.63, 3.8) is 0 Å². The van der Waals surface area contributed by atoms with Gasteiger partial charge >= 0.3 is 11.8 Å². The van der Waals surface area contributed by atoms with Gasteiger partial charge < -0.3 is 10.4 Å². The van der Waals surface area contributed by atoms with Gasteiger partial charge in [0.2, 0.25) is 0 Å². The Kier molecular flexibility index (Phi) is 4.01. The van der Waals surface area contributed by atoms with Crippen molar-refractivity contribution in [2.24, 2.45) is 7.05 Å². The molecule has 1 atom stereocenters. The molecule has 9 nitrogen and oxygen atoms in total. The first-order valence-electron chi connectivity index (χ1n) is 6.28. The molecule has 0 aromatic carbocycles. The number of aromatic nitrogens is 2. The molecule has 0 bridgehead atoms. The van der Waals surface area contributed by atoms with Crippen LogP contribution < -0.4 is 5.32 Å². The lowest BCUT2D eigenvalue weighted by Gasteiger charge is -2.13. The van der Waals surface area contributed by atoms with Crippen LogP contribution >= 0.6 is 0 Å². The van der Waals surface area contributed by atoms with Crippen molar-refractivity contribution < 1.29 is 19.6 Å². The molecule has 1 heterocycles. The first-order chi connectivity index (χ1) is 9.88. The number of hydrogen-bond donors (Lipinski definition) is 2. The number of nitrogens with zero attached hydrogens (tertiary/aromatic N) is 3. The first kappa shape index (κ1) is 14.7. The molecule has 0 radical (unpaired) electrons. The topological polar surface area (TPSA) is 127 Å². The lowest BCUT2D eigenvalue weighted by atomic mass is 10.0. The third kappa shape index (κ3) is 3.25. The fourth-order valence-electron chi connectivity index (χ4n) is 2.42. The summed E-state index contributed by atoms with van der Waals surface area (Å²) in [4.78, 5) is 33.0. The maximum absolute atomic E-state index is 11.9. The molecule has 112 valence electrons. The standard InChI is InChI=1S/C12H14N4O5/c1-15-11(10(6-13-15)16(20)21)7-2-3-8(14-12(18)19)5-9(17)4-7/h4,6,8,14H,2-3,5H2,1H3,(H,18,19). The van der Waals surface area contributed by atoms with Gasteiger partial charge in [-0.3, -0.25) is 19.6 Å². The lowest BCUT2D eigenvalue weighted by Crippen LogP contribution is -2.34. The second-order valence-electron chi connectivity index (χ2n) is 4.78. The van der Waals surface area contributed by atoms with Crippen molar-refractivity contribution in [1.82, 2.24) is 15.1 Å². The highest BCUT2D eigenvalue weighted by Crippen LogP contribution is 2.31. The molecule has 2 rings (SSSR count). The summed E-state index contributed by atoms with van der Waals surface area (Å²) < 4.78 is 1.35. The predicted molar refractivity (Wildman–Crippen MR) is 71.6 cm³/mol. The minimum atomic E-state index is -1.19. The van der Waals surface area contributed by atoms with Crippen molar-refractivity contribution in [2.75, 3.05) is 0 Å². The minimum Gasteiger partial charge on any atom is -0.465 e. The number of aryl methyl sites for hydroxylation is 1. The van der Waals surface area contributed by atoms with E-state index in [9.17, 15) is 19.7 Å². The van der Waals surface area contributed by atoms with E-state index in [0.29, 0.717) is 18.4 Å². The highest BCUT2D eigenvalue weighted by atomic mass is 16.6. The fraction of sp³-hybridized carbons (Fsp3) is 0.417. The van der Waals surface area contributed by atoms with E-state index in [1.165, 1.54) is 10.8 Å². The summed E-state index contributed by atoms with van der Waals surface area (Å²) in [6.07, 6.45) is 2.08. The Labute approximate surface area is 119 Å². The summed E-state index contributed by atoms with van der Waals surface area (Å²) >= 11 is 0. The number of amides is 1. The van der Waals surface area contributed by atoms with E-state index in [0.717, 1.165) is 6.20 Å². The van der Waals surface area contributed by atoms with E-state index in [1.54, 1.807) is 7.05 Å². The van der Waals surface area contributed by atoms with Crippen molar-refractivity contribution in [2.45, 2.75) is 25.3 Å². The van der Waals surface area contributed by atoms with Crippen molar-refractivity contribution in [3.8, 4) is 0 Å². The van der Waals surface area contributed by atoms with Gasteiger partial charge in [-0.2, -0.15) is 5.10 Å². The first-order valence-corrected chi connectivity index (χ1v) is 6.28. The number of carbonyl (C=O) groups excluding carboxylic acids is 1. The number of carbonyl (C=O) groups is 2. The lowest BCUT2D eigenvalue weighted by molar-refractivity contribution is -0.385. The van der Waals surface area contributed by atoms with Gasteiger partial charge in [0.1, 0.15) is 11.9 Å². The van der Waals surface area contributed by atoms with Crippen LogP contribution in [0.2, 0.25) is 0 Å². The second kappa shape index (κ2) is 5.73. The van der Waals surface area contributed by atoms with Crippen LogP contribution in [0, 0.1) is 10.1 Å². The number of nitro groups is 1. The highest BCUT2D eigenvalue weighted by Gasteiger charge is 2.27. The summed E-state index contributed by atoms with van der Waals surface area (Å²) in [5, 5.41) is 25.8. The number of hydrogen-bond acceptors (Lipinski definition) is 5. The van der Waals surface area contributed by atoms with E-state index >= 15 is 0 Å². The molecule has 1 unspecified atom stereocenters. The Hall–Kier alpha value is -2.71. The minimum absolute atomic E-state index is 0.0431. The monoisotopic (exact) mass is 294 g/mol. The smallest absolute Gasteiger partial charge is 0.404 e. The van der Waals surface area contributed by atoms with Gasteiger partial charge in [0.05, 0.1) is 4.92 Å². The number of nitrogens with one attached hydrogen (secondary N) is 1. The number of ketones is 1. The maximum Gasteiger partial charge on any atom is 0.404 e. The molecule has 0 spiro atoms. The average Bonchev–Trinajstić information content (AvgIpc) is 2.66. The zero-order valence-corrected chi connectivity index (χ0v) is 11.3. The fourth-order valence-corrected chi connectivity index (χ4v) is 2.42. The van der Waals surface area contributed by atoms with Crippen LogP contribution in [0.15, 0.2) is 12.3 Å². The molecule has 21 heavy (non-hydrogen) atoms. The van der Waals surface area contributed by atoms with Gasteiger partial charge in [0, 0.05) is 19.5 Å². The van der Waals surface area contributed by atoms with Gasteiger partial charge in [-0.25, -0.2) is 4.79 Å². The van der Waals surface area contributed by atoms with E-state index in [2.05, 4.69) is 10.4 Å². The van der Waals surface area contributed by atoms with Crippen LogP contribution in [-0.2, 0) is 11.8 Å². The summed E-state index contributed by atoms with van der Waals surface area (Å²) in [5.74, 6) is -0.267. The quantitative estimate of drug-likeness (QED) is 0.634. The zero-order valence-electron chi connectivity index (χ0n) is 11.3. The SMILES string of the molecule is Cn1ncc([N+](=O)[O-])c1C1=CC(=O)CC(NC(=O)O)CC1. The molecule has 0 fully saturated rings. The van der Waals surface area contributed by atoms with Gasteiger partial charge in [0.15, 0.2) is 5.78 Å². The Morgan fingerprint density at radius 1 is 1.62 bits per heavy atom. The molecule has 1 aliphatic rings. The third-order valence-corrected chi connectivity index (χ3v) is 3.29. The Balaban J connectivity index is 2.29. The van der Waals surface area contributed by atoms with Crippen LogP contribution in [0.4, 0.5) is 10.5 Å². The Bertz CT molecular complexity index is 634. The number of allylic oxidation sites excluding steroid dienone is 2. The summed E-state index contributed by atoms with van der Waals surface area (Å²) in [6, 6.07) is -0.490. The van der Waals surface area contributed by atoms with Crippen LogP contribution in [0.1, 0.15) is 25.0 Å². The molecular formula is C12H14N4O5. The van der Waals surface area contributed by atoms with Gasteiger partial charge in [-0.15, -0.1) is 0 Å². The van der Waals surface area contributed by atoms with E-state index < -0.39 is 17.1 Å². The molecule has 0 saturated carbocycles. The van der Waals surface area contributed by atoms with Crippen LogP contribution in [-0.4, -0.2) is 37.7 Å². The van der Waals surface area contributed by atoms with Crippen molar-refractivity contribution in [3.05, 3.63) is 28.1 Å². The molecule has 0 aliphatic heterocycles. The summed E-state index contributed by atoms with van der Waals surface area (Å²) in [5.41, 5.74) is 0.618. The normalized spacial score (nSPS) is 18.8. The summed E-state index contributed by atoms with van der Waals surface area (Å²) in [7, 11) is 1.56. The van der Waals surface area contributed by atoms with E-state index in [1.807, 2.05) is 0 Å². The van der Waals surface area contributed by atoms with Crippen molar-refractivity contribution >= 4 is 23.1 Å². The third-order valence-electron chi connectivity index (χ3n) is 3.29. The van der Waals surface area contributed by atoms with Crippen LogP contribution in [0.3, 0.4) is 0 Å². The summed E-state index contributed by atoms with van der Waals surface area (Å²) in [6.45, 7) is 0. The molecule has 1 aliphatic carbocycles. The second-order valence-corrected chi connectivity index (χ2v) is 4.78.